The molecular weight excluding hydrogens is 260 g/mol. The van der Waals surface area contributed by atoms with Crippen molar-refractivity contribution in [1.29, 1.82) is 0 Å². The van der Waals surface area contributed by atoms with E-state index >= 15 is 0 Å². The molecule has 118 valence electrons. The molecule has 3 nitrogen and oxygen atoms in total. The Hall–Kier alpha value is -1.25. The van der Waals surface area contributed by atoms with E-state index in [1.54, 1.807) is 0 Å². The Morgan fingerprint density at radius 3 is 2.52 bits per heavy atom. The number of pyridine rings is 1. The number of nitrogens with zero attached hydrogens (tertiary/aromatic N) is 2. The van der Waals surface area contributed by atoms with E-state index in [2.05, 4.69) is 31.9 Å². The normalized spacial score (nSPS) is 14.0. The van der Waals surface area contributed by atoms with Gasteiger partial charge in [0.2, 0.25) is 5.88 Å². The Balaban J connectivity index is 2.18. The van der Waals surface area contributed by atoms with Crippen LogP contribution in [-0.4, -0.2) is 25.2 Å². The molecule has 1 aliphatic heterocycles. The number of unbranched alkanes of at least 4 members (excludes halogenated alkanes) is 4. The highest BCUT2D eigenvalue weighted by Crippen LogP contribution is 2.32. The lowest BCUT2D eigenvalue weighted by molar-refractivity contribution is 0.297. The topological polar surface area (TPSA) is 25.4 Å². The fourth-order valence-corrected chi connectivity index (χ4v) is 2.88. The summed E-state index contributed by atoms with van der Waals surface area (Å²) < 4.78 is 5.77. The van der Waals surface area contributed by atoms with Gasteiger partial charge in [-0.05, 0) is 37.3 Å². The highest BCUT2D eigenvalue weighted by molar-refractivity contribution is 5.58. The van der Waals surface area contributed by atoms with Crippen molar-refractivity contribution in [3.8, 4) is 5.88 Å². The molecule has 0 spiro atoms. The molecule has 0 unspecified atom stereocenters. The molecule has 0 saturated heterocycles. The second-order valence-corrected chi connectivity index (χ2v) is 6.10. The summed E-state index contributed by atoms with van der Waals surface area (Å²) in [4.78, 5) is 7.12. The predicted molar refractivity (Wildman–Crippen MR) is 89.5 cm³/mol. The molecular formula is C18H30N2O. The van der Waals surface area contributed by atoms with Crippen molar-refractivity contribution in [1.82, 2.24) is 4.98 Å². The maximum Gasteiger partial charge on any atom is 0.237 e. The molecule has 0 radical (unpaired) electrons. The van der Waals surface area contributed by atoms with Crippen LogP contribution in [0.4, 0.5) is 5.69 Å². The molecule has 1 aromatic heterocycles. The Bertz CT molecular complexity index is 445. The van der Waals surface area contributed by atoms with Crippen molar-refractivity contribution >= 4 is 5.69 Å². The lowest BCUT2D eigenvalue weighted by atomic mass is 10.0. The van der Waals surface area contributed by atoms with Gasteiger partial charge in [0.15, 0.2) is 0 Å². The van der Waals surface area contributed by atoms with E-state index in [-0.39, 0.29) is 0 Å². The molecule has 0 fully saturated rings. The van der Waals surface area contributed by atoms with Crippen LogP contribution in [0, 0.1) is 0 Å². The van der Waals surface area contributed by atoms with Crippen LogP contribution >= 0.6 is 0 Å². The number of ether oxygens (including phenoxy) is 1. The summed E-state index contributed by atoms with van der Waals surface area (Å²) in [6.45, 7) is 6.22. The summed E-state index contributed by atoms with van der Waals surface area (Å²) in [5.41, 5.74) is 3.89. The SMILES string of the molecule is CCCCCc1cc2c(nc1CCCCC)OCCN2C. The van der Waals surface area contributed by atoms with Crippen LogP contribution in [0.3, 0.4) is 0 Å². The lowest BCUT2D eigenvalue weighted by Gasteiger charge is -2.28. The van der Waals surface area contributed by atoms with Crippen molar-refractivity contribution in [2.45, 2.75) is 65.2 Å². The van der Waals surface area contributed by atoms with Gasteiger partial charge in [-0.25, -0.2) is 4.98 Å². The molecule has 3 heteroatoms. The lowest BCUT2D eigenvalue weighted by Crippen LogP contribution is -2.29. The van der Waals surface area contributed by atoms with Crippen LogP contribution in [-0.2, 0) is 12.8 Å². The number of anilines is 1. The summed E-state index contributed by atoms with van der Waals surface area (Å²) in [5.74, 6) is 0.842. The van der Waals surface area contributed by atoms with Gasteiger partial charge in [-0.3, -0.25) is 0 Å². The van der Waals surface area contributed by atoms with Gasteiger partial charge in [0.25, 0.3) is 0 Å². The summed E-state index contributed by atoms with van der Waals surface area (Å²) in [5, 5.41) is 0. The van der Waals surface area contributed by atoms with Crippen molar-refractivity contribution in [3.05, 3.63) is 17.3 Å². The molecule has 0 atom stereocenters. The Morgan fingerprint density at radius 2 is 1.81 bits per heavy atom. The molecule has 0 saturated carbocycles. The average molecular weight is 290 g/mol. The Morgan fingerprint density at radius 1 is 1.10 bits per heavy atom. The third-order valence-electron chi connectivity index (χ3n) is 4.28. The molecule has 0 bridgehead atoms. The van der Waals surface area contributed by atoms with Crippen LogP contribution in [0.15, 0.2) is 6.07 Å². The minimum Gasteiger partial charge on any atom is -0.474 e. The number of aromatic nitrogens is 1. The minimum absolute atomic E-state index is 0.750. The Kier molecular flexibility index (Phi) is 6.34. The first-order chi connectivity index (χ1) is 10.3. The van der Waals surface area contributed by atoms with Gasteiger partial charge in [0.1, 0.15) is 12.3 Å². The number of fused-ring (bicyclic) bond motifs is 1. The molecule has 21 heavy (non-hydrogen) atoms. The van der Waals surface area contributed by atoms with E-state index in [4.69, 9.17) is 9.72 Å². The fourth-order valence-electron chi connectivity index (χ4n) is 2.88. The van der Waals surface area contributed by atoms with E-state index in [0.717, 1.165) is 31.9 Å². The fraction of sp³-hybridized carbons (Fsp3) is 0.722. The molecule has 1 aliphatic rings. The van der Waals surface area contributed by atoms with Gasteiger partial charge < -0.3 is 9.64 Å². The zero-order chi connectivity index (χ0) is 15.1. The molecule has 1 aromatic rings. The van der Waals surface area contributed by atoms with Crippen LogP contribution in [0.2, 0.25) is 0 Å². The second-order valence-electron chi connectivity index (χ2n) is 6.10. The van der Waals surface area contributed by atoms with E-state index in [1.807, 2.05) is 0 Å². The summed E-state index contributed by atoms with van der Waals surface area (Å²) in [6.07, 6.45) is 9.87. The first-order valence-electron chi connectivity index (χ1n) is 8.63. The number of likely N-dealkylation sites (N-methyl/N-ethyl adjacent to an activating group) is 1. The number of rotatable bonds is 8. The van der Waals surface area contributed by atoms with Crippen LogP contribution < -0.4 is 9.64 Å². The second kappa shape index (κ2) is 8.26. The largest absolute Gasteiger partial charge is 0.474 e. The summed E-state index contributed by atoms with van der Waals surface area (Å²) in [7, 11) is 2.13. The number of hydrogen-bond donors (Lipinski definition) is 0. The maximum absolute atomic E-state index is 5.77. The van der Waals surface area contributed by atoms with Crippen LogP contribution in [0.25, 0.3) is 0 Å². The molecule has 0 aliphatic carbocycles. The van der Waals surface area contributed by atoms with Crippen molar-refractivity contribution < 1.29 is 4.74 Å². The zero-order valence-corrected chi connectivity index (χ0v) is 14.0. The number of hydrogen-bond acceptors (Lipinski definition) is 3. The maximum atomic E-state index is 5.77. The molecule has 0 N–H and O–H groups in total. The highest BCUT2D eigenvalue weighted by Gasteiger charge is 2.19. The standard InChI is InChI=1S/C18H30N2O/c1-4-6-8-10-15-14-17-18(21-13-12-20(17)3)19-16(15)11-9-7-5-2/h14H,4-13H2,1-3H3. The van der Waals surface area contributed by atoms with Gasteiger partial charge in [-0.1, -0.05) is 39.5 Å². The van der Waals surface area contributed by atoms with Crippen LogP contribution in [0.1, 0.15) is 63.6 Å². The first kappa shape index (κ1) is 16.1. The van der Waals surface area contributed by atoms with Gasteiger partial charge in [0.05, 0.1) is 6.54 Å². The monoisotopic (exact) mass is 290 g/mol. The highest BCUT2D eigenvalue weighted by atomic mass is 16.5. The Labute approximate surface area is 129 Å². The molecule has 0 aromatic carbocycles. The zero-order valence-electron chi connectivity index (χ0n) is 14.0. The average Bonchev–Trinajstić information content (AvgIpc) is 2.49. The molecule has 2 rings (SSSR count). The van der Waals surface area contributed by atoms with Gasteiger partial charge >= 0.3 is 0 Å². The predicted octanol–water partition coefficient (Wildman–Crippen LogP) is 4.38. The van der Waals surface area contributed by atoms with E-state index in [1.165, 1.54) is 55.5 Å². The van der Waals surface area contributed by atoms with E-state index in [9.17, 15) is 0 Å². The van der Waals surface area contributed by atoms with Crippen LogP contribution in [0.5, 0.6) is 5.88 Å². The third kappa shape index (κ3) is 4.36. The van der Waals surface area contributed by atoms with Gasteiger partial charge in [-0.2, -0.15) is 0 Å². The first-order valence-corrected chi connectivity index (χ1v) is 8.63. The summed E-state index contributed by atoms with van der Waals surface area (Å²) in [6, 6.07) is 2.33. The van der Waals surface area contributed by atoms with Gasteiger partial charge in [-0.15, -0.1) is 0 Å². The smallest absolute Gasteiger partial charge is 0.237 e. The molecule has 2 heterocycles. The van der Waals surface area contributed by atoms with Crippen molar-refractivity contribution in [2.24, 2.45) is 0 Å². The quantitative estimate of drug-likeness (QED) is 0.665. The van der Waals surface area contributed by atoms with E-state index < -0.39 is 0 Å². The van der Waals surface area contributed by atoms with Crippen molar-refractivity contribution in [3.63, 3.8) is 0 Å². The molecule has 0 amide bonds. The third-order valence-corrected chi connectivity index (χ3v) is 4.28. The van der Waals surface area contributed by atoms with E-state index in [0.29, 0.717) is 0 Å². The van der Waals surface area contributed by atoms with Crippen molar-refractivity contribution in [2.75, 3.05) is 25.1 Å². The summed E-state index contributed by atoms with van der Waals surface area (Å²) >= 11 is 0. The van der Waals surface area contributed by atoms with Gasteiger partial charge in [0, 0.05) is 12.7 Å². The minimum atomic E-state index is 0.750. The number of aryl methyl sites for hydroxylation is 2.